The van der Waals surface area contributed by atoms with E-state index in [0.717, 1.165) is 0 Å². The van der Waals surface area contributed by atoms with Gasteiger partial charge in [-0.15, -0.1) is 0 Å². The summed E-state index contributed by atoms with van der Waals surface area (Å²) in [6, 6.07) is 8.81. The minimum absolute atomic E-state index is 0.351. The zero-order valence-corrected chi connectivity index (χ0v) is 7.44. The van der Waals surface area contributed by atoms with Crippen LogP contribution in [0.2, 0.25) is 0 Å². The normalized spacial score (nSPS) is 12.5. The van der Waals surface area contributed by atoms with E-state index in [9.17, 15) is 9.90 Å². The van der Waals surface area contributed by atoms with Crippen molar-refractivity contribution in [3.63, 3.8) is 0 Å². The van der Waals surface area contributed by atoms with E-state index in [1.807, 2.05) is 6.07 Å². The van der Waals surface area contributed by atoms with Gasteiger partial charge >= 0.3 is 72.6 Å². The first-order valence-electron chi connectivity index (χ1n) is 3.15. The average Bonchev–Trinajstić information content (AvgIpc) is 2.05. The predicted octanol–water partition coefficient (Wildman–Crippen LogP) is 0.415. The molecule has 1 radical (unpaired) electrons. The maximum absolute atomic E-state index is 10.6. The second-order valence-electron chi connectivity index (χ2n) is 2.13. The molecule has 0 saturated carbocycles. The van der Waals surface area contributed by atoms with Crippen LogP contribution in [0.25, 0.3) is 0 Å². The van der Waals surface area contributed by atoms with Gasteiger partial charge in [0.05, 0.1) is 0 Å². The monoisotopic (exact) mass is 215 g/mol. The fourth-order valence-electron chi connectivity index (χ4n) is 0.771. The Kier molecular flexibility index (Phi) is 2.83. The van der Waals surface area contributed by atoms with Crippen molar-refractivity contribution in [2.75, 3.05) is 0 Å². The summed E-state index contributed by atoms with van der Waals surface area (Å²) in [5, 5.41) is 9.22. The van der Waals surface area contributed by atoms with E-state index in [0.29, 0.717) is 5.56 Å². The third-order valence-electron chi connectivity index (χ3n) is 1.34. The molecule has 0 saturated heterocycles. The SMILES string of the molecule is O=C([Se])C(O)c1ccccc1. The van der Waals surface area contributed by atoms with Crippen molar-refractivity contribution in [1.82, 2.24) is 0 Å². The maximum atomic E-state index is 10.6. The zero-order chi connectivity index (χ0) is 8.27. The van der Waals surface area contributed by atoms with Crippen molar-refractivity contribution in [3.8, 4) is 0 Å². The molecule has 3 heteroatoms. The van der Waals surface area contributed by atoms with Gasteiger partial charge in [0, 0.05) is 0 Å². The Hall–Kier alpha value is -0.631. The molecular weight excluding hydrogens is 207 g/mol. The Morgan fingerprint density at radius 3 is 2.36 bits per heavy atom. The third-order valence-corrected chi connectivity index (χ3v) is 1.81. The van der Waals surface area contributed by atoms with E-state index in [1.54, 1.807) is 24.3 Å². The first-order valence-corrected chi connectivity index (χ1v) is 4.01. The molecule has 1 aromatic rings. The van der Waals surface area contributed by atoms with E-state index >= 15 is 0 Å². The van der Waals surface area contributed by atoms with E-state index < -0.39 is 6.10 Å². The average molecular weight is 214 g/mol. The molecule has 0 aliphatic carbocycles. The molecular formula is C8H7O2Se. The number of hydrogen-bond donors (Lipinski definition) is 1. The van der Waals surface area contributed by atoms with Crippen molar-refractivity contribution < 1.29 is 9.90 Å². The Labute approximate surface area is 73.1 Å². The molecule has 0 fully saturated rings. The Balaban J connectivity index is 2.85. The summed E-state index contributed by atoms with van der Waals surface area (Å²) in [7, 11) is 0. The summed E-state index contributed by atoms with van der Waals surface area (Å²) in [6.07, 6.45) is -1.02. The molecule has 11 heavy (non-hydrogen) atoms. The first kappa shape index (κ1) is 8.47. The second kappa shape index (κ2) is 3.67. The van der Waals surface area contributed by atoms with Crippen LogP contribution in [0.15, 0.2) is 30.3 Å². The molecule has 0 spiro atoms. The number of carbonyl (C=O) groups is 1. The van der Waals surface area contributed by atoms with Gasteiger partial charge in [0.1, 0.15) is 0 Å². The van der Waals surface area contributed by atoms with Crippen LogP contribution in [0.1, 0.15) is 11.7 Å². The zero-order valence-electron chi connectivity index (χ0n) is 5.73. The Morgan fingerprint density at radius 1 is 1.36 bits per heavy atom. The van der Waals surface area contributed by atoms with Crippen LogP contribution < -0.4 is 0 Å². The van der Waals surface area contributed by atoms with Gasteiger partial charge in [0.2, 0.25) is 0 Å². The van der Waals surface area contributed by atoms with Gasteiger partial charge in [-0.05, 0) is 0 Å². The third kappa shape index (κ3) is 2.15. The number of benzene rings is 1. The van der Waals surface area contributed by atoms with Gasteiger partial charge in [-0.3, -0.25) is 0 Å². The second-order valence-corrected chi connectivity index (χ2v) is 2.98. The molecule has 0 aromatic heterocycles. The number of rotatable bonds is 2. The summed E-state index contributed by atoms with van der Waals surface area (Å²) in [4.78, 5) is 10.6. The van der Waals surface area contributed by atoms with Gasteiger partial charge in [-0.1, -0.05) is 0 Å². The minimum atomic E-state index is -1.02. The first-order chi connectivity index (χ1) is 5.22. The van der Waals surface area contributed by atoms with Gasteiger partial charge in [-0.2, -0.15) is 0 Å². The van der Waals surface area contributed by atoms with Crippen molar-refractivity contribution in [2.45, 2.75) is 6.10 Å². The van der Waals surface area contributed by atoms with E-state index in [2.05, 4.69) is 16.0 Å². The molecule has 1 rings (SSSR count). The predicted molar refractivity (Wildman–Crippen MR) is 42.2 cm³/mol. The van der Waals surface area contributed by atoms with Crippen LogP contribution >= 0.6 is 0 Å². The Morgan fingerprint density at radius 2 is 1.91 bits per heavy atom. The van der Waals surface area contributed by atoms with Crippen LogP contribution in [0.3, 0.4) is 0 Å². The molecule has 0 aliphatic heterocycles. The van der Waals surface area contributed by atoms with Crippen LogP contribution in [-0.4, -0.2) is 25.8 Å². The molecule has 0 bridgehead atoms. The van der Waals surface area contributed by atoms with Crippen LogP contribution in [0.5, 0.6) is 0 Å². The quantitative estimate of drug-likeness (QED) is 0.724. The topological polar surface area (TPSA) is 37.3 Å². The fraction of sp³-hybridized carbons (Fsp3) is 0.125. The van der Waals surface area contributed by atoms with Crippen LogP contribution in [-0.2, 0) is 4.79 Å². The molecule has 1 N–H and O–H groups in total. The fourth-order valence-corrected chi connectivity index (χ4v) is 1.06. The molecule has 0 aliphatic rings. The molecule has 2 nitrogen and oxygen atoms in total. The van der Waals surface area contributed by atoms with Crippen LogP contribution in [0.4, 0.5) is 0 Å². The van der Waals surface area contributed by atoms with E-state index in [1.165, 1.54) is 0 Å². The van der Waals surface area contributed by atoms with Crippen molar-refractivity contribution in [2.24, 2.45) is 0 Å². The van der Waals surface area contributed by atoms with Gasteiger partial charge in [0.25, 0.3) is 0 Å². The molecule has 1 aromatic carbocycles. The summed E-state index contributed by atoms with van der Waals surface area (Å²) >= 11 is 2.25. The summed E-state index contributed by atoms with van der Waals surface area (Å²) in [6.45, 7) is 0. The molecule has 0 heterocycles. The number of hydrogen-bond acceptors (Lipinski definition) is 2. The number of carbonyl (C=O) groups excluding carboxylic acids is 1. The van der Waals surface area contributed by atoms with E-state index in [4.69, 9.17) is 0 Å². The van der Waals surface area contributed by atoms with Crippen molar-refractivity contribution in [3.05, 3.63) is 35.9 Å². The molecule has 1 atom stereocenters. The molecule has 57 valence electrons. The number of aliphatic hydroxyl groups is 1. The Bertz CT molecular complexity index is 246. The van der Waals surface area contributed by atoms with E-state index in [-0.39, 0.29) is 4.68 Å². The molecule has 1 unspecified atom stereocenters. The standard InChI is InChI=1S/C8H7O2Se/c9-7(8(10)11)6-4-2-1-3-5-6/h1-5,7,9H. The number of aliphatic hydroxyl groups excluding tert-OH is 1. The van der Waals surface area contributed by atoms with Crippen molar-refractivity contribution in [1.29, 1.82) is 0 Å². The van der Waals surface area contributed by atoms with Gasteiger partial charge in [-0.25, -0.2) is 0 Å². The summed E-state index contributed by atoms with van der Waals surface area (Å²) < 4.78 is -0.351. The summed E-state index contributed by atoms with van der Waals surface area (Å²) in [5.41, 5.74) is 0.622. The van der Waals surface area contributed by atoms with Gasteiger partial charge in [0.15, 0.2) is 0 Å². The molecule has 0 amide bonds. The van der Waals surface area contributed by atoms with Gasteiger partial charge < -0.3 is 0 Å². The van der Waals surface area contributed by atoms with Crippen molar-refractivity contribution >= 4 is 20.7 Å². The van der Waals surface area contributed by atoms with Crippen LogP contribution in [0, 0.1) is 0 Å². The summed E-state index contributed by atoms with van der Waals surface area (Å²) in [5.74, 6) is 0.